The summed E-state index contributed by atoms with van der Waals surface area (Å²) in [7, 11) is 4.16. The number of halogens is 1. The minimum absolute atomic E-state index is 0.235. The lowest BCUT2D eigenvalue weighted by Crippen LogP contribution is -2.10. The van der Waals surface area contributed by atoms with Gasteiger partial charge in [-0.1, -0.05) is 48.5 Å². The Balaban J connectivity index is 1.44. The van der Waals surface area contributed by atoms with Gasteiger partial charge >= 0.3 is 0 Å². The van der Waals surface area contributed by atoms with Crippen LogP contribution in [0.15, 0.2) is 91.0 Å². The molecule has 0 radical (unpaired) electrons. The first-order valence-electron chi connectivity index (χ1n) is 11.7. The molecule has 0 atom stereocenters. The van der Waals surface area contributed by atoms with Gasteiger partial charge < -0.3 is 9.88 Å². The van der Waals surface area contributed by atoms with E-state index in [4.69, 9.17) is 0 Å². The summed E-state index contributed by atoms with van der Waals surface area (Å²) in [5, 5.41) is 9.98. The van der Waals surface area contributed by atoms with Crippen LogP contribution in [0.3, 0.4) is 0 Å². The number of benzene rings is 4. The third-order valence-corrected chi connectivity index (χ3v) is 6.40. The zero-order valence-corrected chi connectivity index (χ0v) is 19.6. The average Bonchev–Trinajstić information content (AvgIpc) is 3.48. The summed E-state index contributed by atoms with van der Waals surface area (Å²) in [5.74, 6) is -0.235. The third kappa shape index (κ3) is 4.00. The maximum atomic E-state index is 13.5. The van der Waals surface area contributed by atoms with E-state index in [1.54, 1.807) is 0 Å². The van der Waals surface area contributed by atoms with Gasteiger partial charge in [-0.15, -0.1) is 0 Å². The fraction of sp³-hybridized carbons (Fsp3) is 0.100. The molecular formula is C30H25FN4. The molecule has 0 aliphatic heterocycles. The number of aromatic amines is 2. The summed E-state index contributed by atoms with van der Waals surface area (Å²) in [6.07, 6.45) is 0. The van der Waals surface area contributed by atoms with E-state index in [-0.39, 0.29) is 5.82 Å². The number of aromatic nitrogens is 3. The summed E-state index contributed by atoms with van der Waals surface area (Å²) in [5.41, 5.74) is 9.50. The SMILES string of the molecule is CN(C)Cc1cccc(-c2ccc3[nH]nc(-c4cc5c(-c6ccc(F)cc6)cccc5[nH]4)c3c2)c1. The molecule has 2 N–H and O–H groups in total. The van der Waals surface area contributed by atoms with Crippen molar-refractivity contribution in [3.8, 4) is 33.6 Å². The molecule has 4 aromatic carbocycles. The lowest BCUT2D eigenvalue weighted by Gasteiger charge is -2.11. The van der Waals surface area contributed by atoms with E-state index in [9.17, 15) is 4.39 Å². The first-order valence-corrected chi connectivity index (χ1v) is 11.7. The van der Waals surface area contributed by atoms with Crippen molar-refractivity contribution in [3.63, 3.8) is 0 Å². The Bertz CT molecular complexity index is 1660. The number of hydrogen-bond acceptors (Lipinski definition) is 2. The molecule has 0 unspecified atom stereocenters. The van der Waals surface area contributed by atoms with Gasteiger partial charge in [0.15, 0.2) is 0 Å². The second-order valence-electron chi connectivity index (χ2n) is 9.23. The zero-order valence-electron chi connectivity index (χ0n) is 19.6. The van der Waals surface area contributed by atoms with Crippen LogP contribution in [0.4, 0.5) is 4.39 Å². The number of hydrogen-bond donors (Lipinski definition) is 2. The largest absolute Gasteiger partial charge is 0.353 e. The molecule has 6 aromatic rings. The van der Waals surface area contributed by atoms with E-state index < -0.39 is 0 Å². The van der Waals surface area contributed by atoms with Crippen LogP contribution in [0, 0.1) is 5.82 Å². The number of rotatable bonds is 5. The van der Waals surface area contributed by atoms with Crippen molar-refractivity contribution in [1.29, 1.82) is 0 Å². The van der Waals surface area contributed by atoms with Crippen molar-refractivity contribution in [2.75, 3.05) is 14.1 Å². The van der Waals surface area contributed by atoms with E-state index in [1.165, 1.54) is 23.3 Å². The Morgan fingerprint density at radius 2 is 1.51 bits per heavy atom. The summed E-state index contributed by atoms with van der Waals surface area (Å²) in [4.78, 5) is 5.71. The van der Waals surface area contributed by atoms with E-state index in [0.29, 0.717) is 0 Å². The summed E-state index contributed by atoms with van der Waals surface area (Å²) < 4.78 is 13.5. The fourth-order valence-corrected chi connectivity index (χ4v) is 4.78. The molecule has 5 heteroatoms. The topological polar surface area (TPSA) is 47.7 Å². The molecule has 35 heavy (non-hydrogen) atoms. The van der Waals surface area contributed by atoms with Gasteiger partial charge in [0.25, 0.3) is 0 Å². The molecule has 0 fully saturated rings. The molecule has 0 aliphatic carbocycles. The van der Waals surface area contributed by atoms with Gasteiger partial charge in [0.2, 0.25) is 0 Å². The van der Waals surface area contributed by atoms with Crippen molar-refractivity contribution in [3.05, 3.63) is 102 Å². The van der Waals surface area contributed by atoms with Gasteiger partial charge in [-0.05, 0) is 84.4 Å². The second-order valence-corrected chi connectivity index (χ2v) is 9.23. The van der Waals surface area contributed by atoms with Gasteiger partial charge in [-0.3, -0.25) is 5.10 Å². The molecule has 0 aliphatic rings. The predicted octanol–water partition coefficient (Wildman–Crippen LogP) is 7.25. The molecule has 4 nitrogen and oxygen atoms in total. The summed E-state index contributed by atoms with van der Waals surface area (Å²) >= 11 is 0. The number of fused-ring (bicyclic) bond motifs is 2. The Morgan fingerprint density at radius 3 is 2.34 bits per heavy atom. The highest BCUT2D eigenvalue weighted by Crippen LogP contribution is 2.35. The monoisotopic (exact) mass is 460 g/mol. The maximum absolute atomic E-state index is 13.5. The number of H-pyrrole nitrogens is 2. The van der Waals surface area contributed by atoms with E-state index in [2.05, 4.69) is 94.8 Å². The molecular weight excluding hydrogens is 435 g/mol. The van der Waals surface area contributed by atoms with Crippen LogP contribution in [0.25, 0.3) is 55.4 Å². The molecule has 172 valence electrons. The van der Waals surface area contributed by atoms with Gasteiger partial charge in [-0.2, -0.15) is 5.10 Å². The second kappa shape index (κ2) is 8.53. The van der Waals surface area contributed by atoms with Crippen LogP contribution in [-0.2, 0) is 6.54 Å². The molecule has 0 bridgehead atoms. The van der Waals surface area contributed by atoms with Gasteiger partial charge in [-0.25, -0.2) is 4.39 Å². The quantitative estimate of drug-likeness (QED) is 0.285. The van der Waals surface area contributed by atoms with Crippen molar-refractivity contribution < 1.29 is 4.39 Å². The van der Waals surface area contributed by atoms with Crippen LogP contribution in [-0.4, -0.2) is 34.2 Å². The molecule has 0 saturated carbocycles. The maximum Gasteiger partial charge on any atom is 0.123 e. The highest BCUT2D eigenvalue weighted by atomic mass is 19.1. The van der Waals surface area contributed by atoms with Gasteiger partial charge in [0.05, 0.1) is 11.2 Å². The van der Waals surface area contributed by atoms with Crippen LogP contribution in [0.1, 0.15) is 5.56 Å². The van der Waals surface area contributed by atoms with E-state index >= 15 is 0 Å². The molecule has 6 rings (SSSR count). The summed E-state index contributed by atoms with van der Waals surface area (Å²) in [6.45, 7) is 0.901. The standard InChI is InChI=1S/C30H25FN4/c1-35(2)18-19-5-3-6-21(15-19)22-11-14-28-26(16-22)30(34-33-28)29-17-25-24(7-4-8-27(25)32-29)20-9-12-23(31)13-10-20/h3-17,32H,18H2,1-2H3,(H,33,34). The third-order valence-electron chi connectivity index (χ3n) is 6.40. The van der Waals surface area contributed by atoms with Crippen molar-refractivity contribution >= 4 is 21.8 Å². The molecule has 2 heterocycles. The molecule has 0 saturated heterocycles. The van der Waals surface area contributed by atoms with Crippen LogP contribution in [0.5, 0.6) is 0 Å². The first kappa shape index (κ1) is 21.3. The predicted molar refractivity (Wildman–Crippen MR) is 142 cm³/mol. The normalized spacial score (nSPS) is 11.7. The Kier molecular flexibility index (Phi) is 5.20. The van der Waals surface area contributed by atoms with Crippen LogP contribution >= 0.6 is 0 Å². The Morgan fingerprint density at radius 1 is 0.743 bits per heavy atom. The molecule has 0 spiro atoms. The van der Waals surface area contributed by atoms with E-state index in [1.807, 2.05) is 18.2 Å². The summed E-state index contributed by atoms with van der Waals surface area (Å²) in [6, 6.07) is 30.0. The van der Waals surface area contributed by atoms with Crippen LogP contribution in [0.2, 0.25) is 0 Å². The Labute approximate surface area is 203 Å². The highest BCUT2D eigenvalue weighted by Gasteiger charge is 2.14. The number of nitrogens with zero attached hydrogens (tertiary/aromatic N) is 2. The minimum atomic E-state index is -0.235. The highest BCUT2D eigenvalue weighted by molar-refractivity contribution is 6.01. The average molecular weight is 461 g/mol. The van der Waals surface area contributed by atoms with Crippen molar-refractivity contribution in [1.82, 2.24) is 20.1 Å². The lowest BCUT2D eigenvalue weighted by molar-refractivity contribution is 0.402. The van der Waals surface area contributed by atoms with Crippen molar-refractivity contribution in [2.24, 2.45) is 0 Å². The smallest absolute Gasteiger partial charge is 0.123 e. The van der Waals surface area contributed by atoms with E-state index in [0.717, 1.165) is 56.4 Å². The lowest BCUT2D eigenvalue weighted by atomic mass is 10.00. The number of nitrogens with one attached hydrogen (secondary N) is 2. The molecule has 0 amide bonds. The first-order chi connectivity index (χ1) is 17.0. The Hall–Kier alpha value is -4.22. The molecule has 2 aromatic heterocycles. The van der Waals surface area contributed by atoms with Crippen LogP contribution < -0.4 is 0 Å². The van der Waals surface area contributed by atoms with Gasteiger partial charge in [0.1, 0.15) is 11.5 Å². The fourth-order valence-electron chi connectivity index (χ4n) is 4.78. The zero-order chi connectivity index (χ0) is 23.9. The minimum Gasteiger partial charge on any atom is -0.353 e. The van der Waals surface area contributed by atoms with Gasteiger partial charge in [0, 0.05) is 22.8 Å². The van der Waals surface area contributed by atoms with Crippen molar-refractivity contribution in [2.45, 2.75) is 6.54 Å².